The van der Waals surface area contributed by atoms with E-state index in [2.05, 4.69) is 55.8 Å². The number of nitrogens with one attached hydrogen (secondary N) is 2. The Labute approximate surface area is 183 Å². The molecule has 1 saturated heterocycles. The Morgan fingerprint density at radius 3 is 2.52 bits per heavy atom. The van der Waals surface area contributed by atoms with Crippen LogP contribution in [0.25, 0.3) is 0 Å². The average Bonchev–Trinajstić information content (AvgIpc) is 3.21. The second-order valence-electron chi connectivity index (χ2n) is 6.47. The van der Waals surface area contributed by atoms with Gasteiger partial charge in [-0.25, -0.2) is 4.98 Å². The van der Waals surface area contributed by atoms with Crippen LogP contribution in [0.3, 0.4) is 0 Å². The summed E-state index contributed by atoms with van der Waals surface area (Å²) in [5.74, 6) is 0.792. The Balaban J connectivity index is 0.00000261. The van der Waals surface area contributed by atoms with Crippen molar-refractivity contribution < 1.29 is 0 Å². The molecule has 1 aliphatic heterocycles. The van der Waals surface area contributed by atoms with Gasteiger partial charge in [0.05, 0.1) is 6.04 Å². The van der Waals surface area contributed by atoms with E-state index in [-0.39, 0.29) is 24.0 Å². The zero-order valence-corrected chi connectivity index (χ0v) is 18.7. The summed E-state index contributed by atoms with van der Waals surface area (Å²) < 4.78 is 0. The molecular weight excluding hydrogens is 473 g/mol. The van der Waals surface area contributed by atoms with E-state index in [9.17, 15) is 0 Å². The van der Waals surface area contributed by atoms with Crippen LogP contribution in [-0.4, -0.2) is 42.5 Å². The highest BCUT2D eigenvalue weighted by atomic mass is 127. The minimum Gasteiger partial charge on any atom is -0.354 e. The Bertz CT molecular complexity index is 702. The molecule has 2 aromatic rings. The molecular formula is C20H27ClIN5. The summed E-state index contributed by atoms with van der Waals surface area (Å²) in [5, 5.41) is 7.32. The zero-order chi connectivity index (χ0) is 18.2. The van der Waals surface area contributed by atoms with Gasteiger partial charge in [0.15, 0.2) is 5.96 Å². The Hall–Kier alpha value is -1.38. The van der Waals surface area contributed by atoms with Gasteiger partial charge in [0.1, 0.15) is 5.15 Å². The molecule has 1 fully saturated rings. The molecule has 0 saturated carbocycles. The average molecular weight is 500 g/mol. The maximum Gasteiger partial charge on any atom is 0.191 e. The molecule has 146 valence electrons. The first kappa shape index (κ1) is 21.9. The number of benzene rings is 1. The first-order chi connectivity index (χ1) is 12.8. The van der Waals surface area contributed by atoms with E-state index in [1.165, 1.54) is 18.4 Å². The molecule has 3 rings (SSSR count). The monoisotopic (exact) mass is 499 g/mol. The molecule has 0 bridgehead atoms. The van der Waals surface area contributed by atoms with Crippen LogP contribution in [-0.2, 0) is 6.54 Å². The largest absolute Gasteiger partial charge is 0.354 e. The van der Waals surface area contributed by atoms with Gasteiger partial charge >= 0.3 is 0 Å². The Kier molecular flexibility index (Phi) is 9.30. The van der Waals surface area contributed by atoms with Crippen molar-refractivity contribution in [3.8, 4) is 0 Å². The van der Waals surface area contributed by atoms with E-state index >= 15 is 0 Å². The highest BCUT2D eigenvalue weighted by Crippen LogP contribution is 2.24. The molecule has 5 nitrogen and oxygen atoms in total. The van der Waals surface area contributed by atoms with Gasteiger partial charge in [-0.2, -0.15) is 0 Å². The summed E-state index contributed by atoms with van der Waals surface area (Å²) in [6.07, 6.45) is 4.33. The van der Waals surface area contributed by atoms with Crippen molar-refractivity contribution in [2.45, 2.75) is 25.4 Å². The number of hydrogen-bond acceptors (Lipinski definition) is 3. The number of hydrogen-bond donors (Lipinski definition) is 2. The predicted octanol–water partition coefficient (Wildman–Crippen LogP) is 3.86. The number of nitrogens with zero attached hydrogens (tertiary/aromatic N) is 3. The summed E-state index contributed by atoms with van der Waals surface area (Å²) in [4.78, 5) is 11.0. The summed E-state index contributed by atoms with van der Waals surface area (Å²) >= 11 is 5.83. The highest BCUT2D eigenvalue weighted by Gasteiger charge is 2.23. The summed E-state index contributed by atoms with van der Waals surface area (Å²) in [5.41, 5.74) is 2.41. The third-order valence-corrected chi connectivity index (χ3v) is 4.92. The van der Waals surface area contributed by atoms with Gasteiger partial charge in [-0.3, -0.25) is 9.89 Å². The third-order valence-electron chi connectivity index (χ3n) is 4.70. The molecule has 0 radical (unpaired) electrons. The molecule has 2 heterocycles. The van der Waals surface area contributed by atoms with Gasteiger partial charge in [0, 0.05) is 26.3 Å². The zero-order valence-electron chi connectivity index (χ0n) is 15.6. The second kappa shape index (κ2) is 11.5. The summed E-state index contributed by atoms with van der Waals surface area (Å²) in [7, 11) is 1.79. The maximum atomic E-state index is 5.83. The van der Waals surface area contributed by atoms with Gasteiger partial charge < -0.3 is 10.6 Å². The number of halogens is 2. The van der Waals surface area contributed by atoms with Crippen molar-refractivity contribution >= 4 is 41.5 Å². The SMILES string of the molecule is CN=C(NCc1ccc(Cl)nc1)NCC(c1ccccc1)N1CCCC1.I. The number of likely N-dealkylation sites (tertiary alicyclic amines) is 1. The fourth-order valence-electron chi connectivity index (χ4n) is 3.30. The maximum absolute atomic E-state index is 5.83. The lowest BCUT2D eigenvalue weighted by atomic mass is 10.1. The lowest BCUT2D eigenvalue weighted by Gasteiger charge is -2.29. The van der Waals surface area contributed by atoms with Crippen molar-refractivity contribution in [3.63, 3.8) is 0 Å². The van der Waals surface area contributed by atoms with Gasteiger partial charge in [-0.15, -0.1) is 24.0 Å². The molecule has 27 heavy (non-hydrogen) atoms. The molecule has 1 aliphatic rings. The number of aromatic nitrogens is 1. The first-order valence-electron chi connectivity index (χ1n) is 9.10. The molecule has 1 unspecified atom stereocenters. The van der Waals surface area contributed by atoms with E-state index in [0.717, 1.165) is 31.2 Å². The molecule has 0 amide bonds. The van der Waals surface area contributed by atoms with E-state index < -0.39 is 0 Å². The van der Waals surface area contributed by atoms with Crippen LogP contribution < -0.4 is 10.6 Å². The summed E-state index contributed by atoms with van der Waals surface area (Å²) in [6, 6.07) is 14.8. The molecule has 2 N–H and O–H groups in total. The molecule has 1 aromatic heterocycles. The van der Waals surface area contributed by atoms with E-state index in [1.54, 1.807) is 19.3 Å². The fourth-order valence-corrected chi connectivity index (χ4v) is 3.41. The van der Waals surface area contributed by atoms with Crippen LogP contribution in [0.2, 0.25) is 5.15 Å². The lowest BCUT2D eigenvalue weighted by molar-refractivity contribution is 0.245. The quantitative estimate of drug-likeness (QED) is 0.274. The van der Waals surface area contributed by atoms with Gasteiger partial charge in [-0.05, 0) is 43.1 Å². The van der Waals surface area contributed by atoms with Crippen molar-refractivity contribution in [2.24, 2.45) is 4.99 Å². The predicted molar refractivity (Wildman–Crippen MR) is 123 cm³/mol. The number of aliphatic imine (C=N–C) groups is 1. The van der Waals surface area contributed by atoms with Crippen LogP contribution >= 0.6 is 35.6 Å². The van der Waals surface area contributed by atoms with Crippen LogP contribution in [0, 0.1) is 0 Å². The minimum absolute atomic E-state index is 0. The Morgan fingerprint density at radius 1 is 1.15 bits per heavy atom. The van der Waals surface area contributed by atoms with Gasteiger partial charge in [0.2, 0.25) is 0 Å². The number of pyridine rings is 1. The van der Waals surface area contributed by atoms with Crippen LogP contribution in [0.15, 0.2) is 53.7 Å². The standard InChI is InChI=1S/C20H26ClN5.HI/c1-22-20(24-14-16-9-10-19(21)23-13-16)25-15-18(26-11-5-6-12-26)17-7-3-2-4-8-17;/h2-4,7-10,13,18H,5-6,11-12,14-15H2,1H3,(H2,22,24,25);1H. The summed E-state index contributed by atoms with van der Waals surface area (Å²) in [6.45, 7) is 3.79. The van der Waals surface area contributed by atoms with Gasteiger partial charge in [-0.1, -0.05) is 48.0 Å². The Morgan fingerprint density at radius 2 is 1.89 bits per heavy atom. The lowest BCUT2D eigenvalue weighted by Crippen LogP contribution is -2.42. The highest BCUT2D eigenvalue weighted by molar-refractivity contribution is 14.0. The number of guanidine groups is 1. The normalized spacial score (nSPS) is 15.9. The van der Waals surface area contributed by atoms with Crippen LogP contribution in [0.4, 0.5) is 0 Å². The second-order valence-corrected chi connectivity index (χ2v) is 6.85. The molecule has 0 aliphatic carbocycles. The topological polar surface area (TPSA) is 52.6 Å². The van der Waals surface area contributed by atoms with Crippen molar-refractivity contribution in [1.82, 2.24) is 20.5 Å². The fraction of sp³-hybridized carbons (Fsp3) is 0.400. The third kappa shape index (κ3) is 6.62. The van der Waals surface area contributed by atoms with E-state index in [4.69, 9.17) is 11.6 Å². The van der Waals surface area contributed by atoms with Crippen molar-refractivity contribution in [1.29, 1.82) is 0 Å². The first-order valence-corrected chi connectivity index (χ1v) is 9.48. The van der Waals surface area contributed by atoms with E-state index in [1.807, 2.05) is 6.07 Å². The van der Waals surface area contributed by atoms with Gasteiger partial charge in [0.25, 0.3) is 0 Å². The molecule has 7 heteroatoms. The minimum atomic E-state index is 0. The van der Waals surface area contributed by atoms with E-state index in [0.29, 0.717) is 17.7 Å². The molecule has 1 atom stereocenters. The van der Waals surface area contributed by atoms with Crippen molar-refractivity contribution in [3.05, 3.63) is 64.9 Å². The molecule has 0 spiro atoms. The number of rotatable bonds is 6. The molecule has 1 aromatic carbocycles. The van der Waals surface area contributed by atoms with Crippen molar-refractivity contribution in [2.75, 3.05) is 26.7 Å². The smallest absolute Gasteiger partial charge is 0.191 e. The van der Waals surface area contributed by atoms with Crippen LogP contribution in [0.1, 0.15) is 30.0 Å². The van der Waals surface area contributed by atoms with Crippen LogP contribution in [0.5, 0.6) is 0 Å².